The first-order chi connectivity index (χ1) is 13.2. The lowest BCUT2D eigenvalue weighted by Crippen LogP contribution is -2.47. The van der Waals surface area contributed by atoms with Crippen molar-refractivity contribution in [2.75, 3.05) is 38.8 Å². The van der Waals surface area contributed by atoms with E-state index >= 15 is 0 Å². The van der Waals surface area contributed by atoms with E-state index in [0.717, 1.165) is 24.3 Å². The largest absolute Gasteiger partial charge is 0.497 e. The number of nitrogens with one attached hydrogen (secondary N) is 1. The molecule has 0 saturated carbocycles. The molecule has 0 spiro atoms. The molecular weight excluding hydrogens is 344 g/mol. The first kappa shape index (κ1) is 19.0. The molecule has 1 aliphatic rings. The Morgan fingerprint density at radius 1 is 1.19 bits per heavy atom. The van der Waals surface area contributed by atoms with Gasteiger partial charge in [0.15, 0.2) is 0 Å². The molecule has 2 aromatic rings. The summed E-state index contributed by atoms with van der Waals surface area (Å²) >= 11 is 0. The van der Waals surface area contributed by atoms with Crippen LogP contribution in [-0.4, -0.2) is 44.4 Å². The van der Waals surface area contributed by atoms with Crippen LogP contribution in [-0.2, 0) is 4.74 Å². The van der Waals surface area contributed by atoms with E-state index < -0.39 is 0 Å². The SMILES string of the molecule is CCOCCOc1ccccc1NC(=O)N1CC[C@@H]1c1cccc(OC)c1. The normalized spacial score (nSPS) is 15.8. The summed E-state index contributed by atoms with van der Waals surface area (Å²) in [4.78, 5) is 14.6. The zero-order valence-corrected chi connectivity index (χ0v) is 15.8. The number of para-hydroxylation sites is 2. The summed E-state index contributed by atoms with van der Waals surface area (Å²) in [5.41, 5.74) is 1.74. The maximum Gasteiger partial charge on any atom is 0.322 e. The summed E-state index contributed by atoms with van der Waals surface area (Å²) in [5, 5.41) is 2.97. The zero-order valence-electron chi connectivity index (χ0n) is 15.8. The summed E-state index contributed by atoms with van der Waals surface area (Å²) in [6, 6.07) is 15.2. The minimum absolute atomic E-state index is 0.0612. The van der Waals surface area contributed by atoms with E-state index in [1.54, 1.807) is 7.11 Å². The van der Waals surface area contributed by atoms with E-state index in [2.05, 4.69) is 5.32 Å². The number of likely N-dealkylation sites (tertiary alicyclic amines) is 1. The Labute approximate surface area is 160 Å². The van der Waals surface area contributed by atoms with Crippen molar-refractivity contribution in [3.8, 4) is 11.5 Å². The molecule has 1 saturated heterocycles. The Kier molecular flexibility index (Phi) is 6.54. The Hall–Kier alpha value is -2.73. The Bertz CT molecular complexity index is 765. The van der Waals surface area contributed by atoms with Crippen molar-refractivity contribution in [1.29, 1.82) is 0 Å². The number of amides is 2. The van der Waals surface area contributed by atoms with Gasteiger partial charge < -0.3 is 24.4 Å². The summed E-state index contributed by atoms with van der Waals surface area (Å²) < 4.78 is 16.3. The van der Waals surface area contributed by atoms with Crippen molar-refractivity contribution in [3.63, 3.8) is 0 Å². The Morgan fingerprint density at radius 3 is 2.78 bits per heavy atom. The molecule has 1 fully saturated rings. The van der Waals surface area contributed by atoms with E-state index in [1.165, 1.54) is 0 Å². The third kappa shape index (κ3) is 4.71. The second-order valence-electron chi connectivity index (χ2n) is 6.25. The number of rotatable bonds is 8. The molecule has 1 atom stereocenters. The van der Waals surface area contributed by atoms with Gasteiger partial charge in [0.1, 0.15) is 18.1 Å². The van der Waals surface area contributed by atoms with Gasteiger partial charge in [-0.05, 0) is 43.2 Å². The molecule has 0 radical (unpaired) electrons. The molecule has 6 nitrogen and oxygen atoms in total. The molecule has 2 amide bonds. The zero-order chi connectivity index (χ0) is 19.1. The lowest BCUT2D eigenvalue weighted by atomic mass is 9.95. The monoisotopic (exact) mass is 370 g/mol. The molecule has 1 aliphatic heterocycles. The highest BCUT2D eigenvalue weighted by Crippen LogP contribution is 2.35. The third-order valence-electron chi connectivity index (χ3n) is 4.58. The average molecular weight is 370 g/mol. The van der Waals surface area contributed by atoms with E-state index in [0.29, 0.717) is 31.3 Å². The molecule has 6 heteroatoms. The first-order valence-corrected chi connectivity index (χ1v) is 9.24. The molecule has 0 unspecified atom stereocenters. The van der Waals surface area contributed by atoms with Gasteiger partial charge in [0.05, 0.1) is 25.4 Å². The molecule has 3 rings (SSSR count). The number of hydrogen-bond donors (Lipinski definition) is 1. The number of methoxy groups -OCH3 is 1. The highest BCUT2D eigenvalue weighted by atomic mass is 16.5. The van der Waals surface area contributed by atoms with Crippen molar-refractivity contribution in [1.82, 2.24) is 4.90 Å². The van der Waals surface area contributed by atoms with Crippen LogP contribution in [0.5, 0.6) is 11.5 Å². The van der Waals surface area contributed by atoms with Gasteiger partial charge in [-0.15, -0.1) is 0 Å². The van der Waals surface area contributed by atoms with E-state index in [-0.39, 0.29) is 12.1 Å². The van der Waals surface area contributed by atoms with Crippen LogP contribution in [0.15, 0.2) is 48.5 Å². The number of benzene rings is 2. The van der Waals surface area contributed by atoms with E-state index in [4.69, 9.17) is 14.2 Å². The molecule has 2 aromatic carbocycles. The average Bonchev–Trinajstić information content (AvgIpc) is 2.65. The molecule has 0 aromatic heterocycles. The summed E-state index contributed by atoms with van der Waals surface area (Å²) in [6.07, 6.45) is 0.938. The van der Waals surface area contributed by atoms with Crippen LogP contribution in [0.25, 0.3) is 0 Å². The van der Waals surface area contributed by atoms with E-state index in [1.807, 2.05) is 60.4 Å². The number of carbonyl (C=O) groups is 1. The van der Waals surface area contributed by atoms with Gasteiger partial charge in [0.25, 0.3) is 0 Å². The predicted octanol–water partition coefficient (Wildman–Crippen LogP) is 4.09. The molecule has 1 N–H and O–H groups in total. The van der Waals surface area contributed by atoms with Crippen LogP contribution < -0.4 is 14.8 Å². The predicted molar refractivity (Wildman–Crippen MR) is 105 cm³/mol. The highest BCUT2D eigenvalue weighted by Gasteiger charge is 2.33. The molecule has 144 valence electrons. The van der Waals surface area contributed by atoms with Gasteiger partial charge in [0, 0.05) is 13.2 Å². The van der Waals surface area contributed by atoms with Crippen LogP contribution in [0, 0.1) is 0 Å². The van der Waals surface area contributed by atoms with Crippen molar-refractivity contribution >= 4 is 11.7 Å². The van der Waals surface area contributed by atoms with Crippen molar-refractivity contribution in [3.05, 3.63) is 54.1 Å². The van der Waals surface area contributed by atoms with Crippen LogP contribution in [0.4, 0.5) is 10.5 Å². The fourth-order valence-electron chi connectivity index (χ4n) is 3.06. The quantitative estimate of drug-likeness (QED) is 0.711. The number of ether oxygens (including phenoxy) is 3. The second-order valence-corrected chi connectivity index (χ2v) is 6.25. The summed E-state index contributed by atoms with van der Waals surface area (Å²) in [7, 11) is 1.65. The fraction of sp³-hybridized carbons (Fsp3) is 0.381. The molecule has 1 heterocycles. The highest BCUT2D eigenvalue weighted by molar-refractivity contribution is 5.91. The molecule has 0 bridgehead atoms. The van der Waals surface area contributed by atoms with Crippen molar-refractivity contribution < 1.29 is 19.0 Å². The number of anilines is 1. The molecular formula is C21H26N2O4. The number of nitrogens with zero attached hydrogens (tertiary/aromatic N) is 1. The number of carbonyl (C=O) groups excluding carboxylic acids is 1. The van der Waals surface area contributed by atoms with Gasteiger partial charge >= 0.3 is 6.03 Å². The molecule has 27 heavy (non-hydrogen) atoms. The van der Waals surface area contributed by atoms with E-state index in [9.17, 15) is 4.79 Å². The Balaban J connectivity index is 1.63. The smallest absolute Gasteiger partial charge is 0.322 e. The Morgan fingerprint density at radius 2 is 2.04 bits per heavy atom. The minimum Gasteiger partial charge on any atom is -0.497 e. The fourth-order valence-corrected chi connectivity index (χ4v) is 3.06. The van der Waals surface area contributed by atoms with Crippen LogP contribution in [0.3, 0.4) is 0 Å². The maximum absolute atomic E-state index is 12.8. The lowest BCUT2D eigenvalue weighted by Gasteiger charge is -2.41. The summed E-state index contributed by atoms with van der Waals surface area (Å²) in [5.74, 6) is 1.44. The van der Waals surface area contributed by atoms with Gasteiger partial charge in [-0.1, -0.05) is 24.3 Å². The van der Waals surface area contributed by atoms with Crippen LogP contribution in [0.2, 0.25) is 0 Å². The number of urea groups is 1. The van der Waals surface area contributed by atoms with Crippen LogP contribution >= 0.6 is 0 Å². The van der Waals surface area contributed by atoms with Crippen LogP contribution in [0.1, 0.15) is 24.9 Å². The standard InChI is InChI=1S/C21H26N2O4/c1-3-26-13-14-27-20-10-5-4-9-18(20)22-21(24)23-12-11-19(23)16-7-6-8-17(15-16)25-2/h4-10,15,19H,3,11-14H2,1-2H3,(H,22,24)/t19-/m1/s1. The van der Waals surface area contributed by atoms with Gasteiger partial charge in [-0.2, -0.15) is 0 Å². The van der Waals surface area contributed by atoms with Gasteiger partial charge in [-0.25, -0.2) is 4.79 Å². The van der Waals surface area contributed by atoms with Crippen molar-refractivity contribution in [2.24, 2.45) is 0 Å². The number of hydrogen-bond acceptors (Lipinski definition) is 4. The topological polar surface area (TPSA) is 60.0 Å². The van der Waals surface area contributed by atoms with Gasteiger partial charge in [0.2, 0.25) is 0 Å². The second kappa shape index (κ2) is 9.28. The third-order valence-corrected chi connectivity index (χ3v) is 4.58. The minimum atomic E-state index is -0.130. The molecule has 0 aliphatic carbocycles. The first-order valence-electron chi connectivity index (χ1n) is 9.24. The van der Waals surface area contributed by atoms with Gasteiger partial charge in [-0.3, -0.25) is 0 Å². The summed E-state index contributed by atoms with van der Waals surface area (Å²) in [6.45, 7) is 4.28. The maximum atomic E-state index is 12.8. The lowest BCUT2D eigenvalue weighted by molar-refractivity contribution is 0.110. The van der Waals surface area contributed by atoms with Crippen molar-refractivity contribution in [2.45, 2.75) is 19.4 Å².